The van der Waals surface area contributed by atoms with E-state index in [2.05, 4.69) is 9.84 Å². The number of nitrogens with zero attached hydrogens (tertiary/aromatic N) is 3. The van der Waals surface area contributed by atoms with Crippen LogP contribution in [-0.2, 0) is 22.3 Å². The molecule has 158 valence electrons. The first-order chi connectivity index (χ1) is 13.5. The van der Waals surface area contributed by atoms with E-state index in [1.54, 1.807) is 6.07 Å². The van der Waals surface area contributed by atoms with Crippen molar-refractivity contribution in [3.63, 3.8) is 0 Å². The van der Waals surface area contributed by atoms with Gasteiger partial charge >= 0.3 is 6.18 Å². The average Bonchev–Trinajstić information content (AvgIpc) is 2.95. The Morgan fingerprint density at radius 3 is 2.45 bits per heavy atom. The molecule has 1 aromatic carbocycles. The van der Waals surface area contributed by atoms with Crippen LogP contribution in [0, 0.1) is 17.1 Å². The molecule has 29 heavy (non-hydrogen) atoms. The van der Waals surface area contributed by atoms with E-state index in [4.69, 9.17) is 33.1 Å². The zero-order valence-electron chi connectivity index (χ0n) is 15.4. The van der Waals surface area contributed by atoms with Crippen LogP contribution in [0.15, 0.2) is 30.0 Å². The molecule has 0 bridgehead atoms. The van der Waals surface area contributed by atoms with Gasteiger partial charge in [0.1, 0.15) is 11.5 Å². The van der Waals surface area contributed by atoms with Crippen molar-refractivity contribution in [1.29, 1.82) is 5.26 Å². The molecule has 0 aliphatic carbocycles. The van der Waals surface area contributed by atoms with E-state index in [9.17, 15) is 17.6 Å². The Labute approximate surface area is 169 Å². The van der Waals surface area contributed by atoms with Gasteiger partial charge in [-0.25, -0.2) is 9.07 Å². The van der Waals surface area contributed by atoms with Gasteiger partial charge in [-0.1, -0.05) is 11.6 Å². The molecule has 2 aromatic rings. The number of aromatic nitrogens is 2. The Morgan fingerprint density at radius 1 is 1.31 bits per heavy atom. The van der Waals surface area contributed by atoms with Crippen molar-refractivity contribution in [3.05, 3.63) is 52.1 Å². The quantitative estimate of drug-likeness (QED) is 0.549. The second kappa shape index (κ2) is 10.7. The highest BCUT2D eigenvalue weighted by Gasteiger charge is 2.32. The molecule has 0 atom stereocenters. The van der Waals surface area contributed by atoms with Crippen molar-refractivity contribution in [2.75, 3.05) is 26.6 Å². The molecule has 2 rings (SSSR count). The third kappa shape index (κ3) is 6.94. The lowest BCUT2D eigenvalue weighted by atomic mass is 10.2. The summed E-state index contributed by atoms with van der Waals surface area (Å²) in [7, 11) is 2.96. The predicted octanol–water partition coefficient (Wildman–Crippen LogP) is 3.41. The lowest BCUT2D eigenvalue weighted by Gasteiger charge is -2.12. The second-order valence-corrected chi connectivity index (χ2v) is 5.88. The minimum Gasteiger partial charge on any atom is -0.400 e. The first-order valence-electron chi connectivity index (χ1n) is 7.78. The van der Waals surface area contributed by atoms with E-state index in [-0.39, 0.29) is 18.1 Å². The number of halogens is 5. The maximum Gasteiger partial charge on any atom is 0.416 e. The maximum absolute atomic E-state index is 14.0. The summed E-state index contributed by atoms with van der Waals surface area (Å²) in [5, 5.41) is 11.5. The maximum atomic E-state index is 14.0. The van der Waals surface area contributed by atoms with Crippen LogP contribution in [0.3, 0.4) is 0 Å². The molecule has 0 aliphatic rings. The van der Waals surface area contributed by atoms with E-state index in [1.165, 1.54) is 26.4 Å². The van der Waals surface area contributed by atoms with Crippen LogP contribution in [0.1, 0.15) is 11.3 Å². The number of nitrogen functional groups attached to an aromatic ring is 1. The van der Waals surface area contributed by atoms with Crippen molar-refractivity contribution >= 4 is 17.4 Å². The van der Waals surface area contributed by atoms with Crippen molar-refractivity contribution in [2.24, 2.45) is 5.73 Å². The van der Waals surface area contributed by atoms with Gasteiger partial charge in [0.25, 0.3) is 0 Å². The van der Waals surface area contributed by atoms with Crippen molar-refractivity contribution < 1.29 is 27.0 Å². The van der Waals surface area contributed by atoms with Gasteiger partial charge in [0, 0.05) is 32.1 Å². The minimum atomic E-state index is -4.69. The predicted molar refractivity (Wildman–Crippen MR) is 98.4 cm³/mol. The normalized spacial score (nSPS) is 11.6. The molecule has 0 saturated heterocycles. The Kier molecular flexibility index (Phi) is 8.90. The second-order valence-electron chi connectivity index (χ2n) is 5.47. The smallest absolute Gasteiger partial charge is 0.400 e. The molecular weight excluding hydrogens is 418 g/mol. The van der Waals surface area contributed by atoms with Crippen LogP contribution < -0.4 is 11.5 Å². The van der Waals surface area contributed by atoms with E-state index >= 15 is 0 Å². The number of allylic oxidation sites excluding steroid dienone is 1. The van der Waals surface area contributed by atoms with Crippen LogP contribution in [0.4, 0.5) is 23.4 Å². The highest BCUT2D eigenvalue weighted by atomic mass is 35.5. The standard InChI is InChI=1S/C12H10ClF4N3O.C5H8N2O/c1-21-5-7-4-10(18)20(19-7)11-8(13)2-6(3-9(11)14)12(15,16)17;1-8-4-5(7)2-3-6/h2-4H,5,18H2,1H3;2H,4,7H2,1H3/b;5-2+. The fourth-order valence-corrected chi connectivity index (χ4v) is 2.36. The molecule has 7 nitrogen and oxygen atoms in total. The fourth-order valence-electron chi connectivity index (χ4n) is 2.07. The first-order valence-corrected chi connectivity index (χ1v) is 8.16. The molecule has 1 aromatic heterocycles. The average molecular weight is 436 g/mol. The summed E-state index contributed by atoms with van der Waals surface area (Å²) in [5.74, 6) is -1.14. The van der Waals surface area contributed by atoms with Crippen LogP contribution >= 0.6 is 11.6 Å². The summed E-state index contributed by atoms with van der Waals surface area (Å²) in [4.78, 5) is 0. The zero-order chi connectivity index (χ0) is 22.2. The number of hydrogen-bond donors (Lipinski definition) is 2. The lowest BCUT2D eigenvalue weighted by Crippen LogP contribution is -2.10. The molecule has 0 unspecified atom stereocenters. The van der Waals surface area contributed by atoms with Gasteiger partial charge in [-0.3, -0.25) is 0 Å². The number of nitrogens with two attached hydrogens (primary N) is 2. The van der Waals surface area contributed by atoms with E-state index in [0.29, 0.717) is 30.1 Å². The number of methoxy groups -OCH3 is 2. The molecule has 0 aliphatic heterocycles. The largest absolute Gasteiger partial charge is 0.416 e. The Balaban J connectivity index is 0.000000447. The molecular formula is C17H18ClF4N5O2. The molecule has 1 heterocycles. The highest BCUT2D eigenvalue weighted by Crippen LogP contribution is 2.35. The highest BCUT2D eigenvalue weighted by molar-refractivity contribution is 6.32. The van der Waals surface area contributed by atoms with Gasteiger partial charge < -0.3 is 20.9 Å². The van der Waals surface area contributed by atoms with Crippen LogP contribution in [0.2, 0.25) is 5.02 Å². The number of nitriles is 1. The van der Waals surface area contributed by atoms with E-state index < -0.39 is 22.6 Å². The summed E-state index contributed by atoms with van der Waals surface area (Å²) in [6, 6.07) is 4.17. The number of ether oxygens (including phenoxy) is 2. The van der Waals surface area contributed by atoms with Gasteiger partial charge in [0.05, 0.1) is 35.6 Å². The molecule has 4 N–H and O–H groups in total. The van der Waals surface area contributed by atoms with Crippen molar-refractivity contribution in [3.8, 4) is 11.8 Å². The first kappa shape index (κ1) is 24.2. The van der Waals surface area contributed by atoms with Gasteiger partial charge in [-0.05, 0) is 12.1 Å². The Morgan fingerprint density at radius 2 is 1.97 bits per heavy atom. The van der Waals surface area contributed by atoms with Crippen LogP contribution in [0.5, 0.6) is 0 Å². The summed E-state index contributed by atoms with van der Waals surface area (Å²) in [6.45, 7) is 0.449. The Bertz CT molecular complexity index is 883. The minimum absolute atomic E-state index is 0.0302. The molecule has 0 radical (unpaired) electrons. The molecule has 0 amide bonds. The number of alkyl halides is 3. The van der Waals surface area contributed by atoms with Gasteiger partial charge in [0.15, 0.2) is 5.82 Å². The Hall–Kier alpha value is -2.81. The van der Waals surface area contributed by atoms with Gasteiger partial charge in [-0.2, -0.15) is 23.5 Å². The SMILES string of the molecule is COC/C(N)=C\C#N.COCc1cc(N)n(-c2c(F)cc(C(F)(F)F)cc2Cl)n1. The van der Waals surface area contributed by atoms with Gasteiger partial charge in [0.2, 0.25) is 0 Å². The number of hydrogen-bond acceptors (Lipinski definition) is 6. The van der Waals surface area contributed by atoms with Crippen molar-refractivity contribution in [2.45, 2.75) is 12.8 Å². The summed E-state index contributed by atoms with van der Waals surface area (Å²) >= 11 is 5.75. The molecule has 0 spiro atoms. The number of benzene rings is 1. The summed E-state index contributed by atoms with van der Waals surface area (Å²) in [6.07, 6.45) is -3.44. The molecule has 0 saturated carbocycles. The number of anilines is 1. The van der Waals surface area contributed by atoms with E-state index in [1.807, 2.05) is 0 Å². The topological polar surface area (TPSA) is 112 Å². The summed E-state index contributed by atoms with van der Waals surface area (Å²) < 4.78 is 62.1. The van der Waals surface area contributed by atoms with Crippen LogP contribution in [0.25, 0.3) is 5.69 Å². The van der Waals surface area contributed by atoms with Gasteiger partial charge in [-0.15, -0.1) is 0 Å². The monoisotopic (exact) mass is 435 g/mol. The lowest BCUT2D eigenvalue weighted by molar-refractivity contribution is -0.137. The molecule has 12 heteroatoms. The third-order valence-corrected chi connectivity index (χ3v) is 3.48. The molecule has 0 fully saturated rings. The van der Waals surface area contributed by atoms with Crippen LogP contribution in [-0.4, -0.2) is 30.6 Å². The van der Waals surface area contributed by atoms with E-state index in [0.717, 1.165) is 4.68 Å². The van der Waals surface area contributed by atoms with Crippen molar-refractivity contribution in [1.82, 2.24) is 9.78 Å². The summed E-state index contributed by atoms with van der Waals surface area (Å²) in [5.41, 5.74) is 10.2. The third-order valence-electron chi connectivity index (χ3n) is 3.20. The number of rotatable bonds is 5. The zero-order valence-corrected chi connectivity index (χ0v) is 16.2. The fraction of sp³-hybridized carbons (Fsp3) is 0.294.